The van der Waals surface area contributed by atoms with Gasteiger partial charge < -0.3 is 9.84 Å². The third kappa shape index (κ3) is 1.97. The van der Waals surface area contributed by atoms with Gasteiger partial charge in [0.15, 0.2) is 0 Å². The molecule has 1 N–H and O–H groups in total. The molecule has 3 atom stereocenters. The minimum atomic E-state index is -0.499. The van der Waals surface area contributed by atoms with Gasteiger partial charge in [-0.3, -0.25) is 4.79 Å². The van der Waals surface area contributed by atoms with E-state index in [1.54, 1.807) is 0 Å². The van der Waals surface area contributed by atoms with Crippen LogP contribution >= 0.6 is 0 Å². The van der Waals surface area contributed by atoms with E-state index in [-0.39, 0.29) is 11.9 Å². The monoisotopic (exact) mass is 172 g/mol. The molecule has 0 spiro atoms. The summed E-state index contributed by atoms with van der Waals surface area (Å²) in [5, 5.41) is 9.54. The summed E-state index contributed by atoms with van der Waals surface area (Å²) in [5.41, 5.74) is 0. The molecule has 1 aliphatic rings. The van der Waals surface area contributed by atoms with Crippen molar-refractivity contribution in [2.45, 2.75) is 32.3 Å². The van der Waals surface area contributed by atoms with E-state index in [0.29, 0.717) is 5.92 Å². The molecule has 0 bridgehead atoms. The van der Waals surface area contributed by atoms with Gasteiger partial charge in [0.05, 0.1) is 19.1 Å². The van der Waals surface area contributed by atoms with Gasteiger partial charge >= 0.3 is 5.97 Å². The summed E-state index contributed by atoms with van der Waals surface area (Å²) in [5.74, 6) is -0.0264. The van der Waals surface area contributed by atoms with E-state index < -0.39 is 6.10 Å². The lowest BCUT2D eigenvalue weighted by atomic mass is 9.81. The number of carbonyl (C=O) groups excluding carboxylic acids is 1. The summed E-state index contributed by atoms with van der Waals surface area (Å²) in [6, 6.07) is 0. The summed E-state index contributed by atoms with van der Waals surface area (Å²) in [4.78, 5) is 11.1. The minimum Gasteiger partial charge on any atom is -0.469 e. The predicted octanol–water partition coefficient (Wildman–Crippen LogP) is 0.956. The fraction of sp³-hybridized carbons (Fsp3) is 0.889. The lowest BCUT2D eigenvalue weighted by Gasteiger charge is -2.29. The fourth-order valence-corrected chi connectivity index (χ4v) is 1.78. The Hall–Kier alpha value is -0.570. The number of carbonyl (C=O) groups is 1. The van der Waals surface area contributed by atoms with Crippen molar-refractivity contribution < 1.29 is 14.6 Å². The first-order chi connectivity index (χ1) is 5.65. The SMILES string of the molecule is COC(=O)[C@H]1CC[C@H](C)C[C@@H]1O. The smallest absolute Gasteiger partial charge is 0.311 e. The molecule has 0 heterocycles. The number of ether oxygens (including phenoxy) is 1. The molecule has 3 nitrogen and oxygen atoms in total. The maximum absolute atomic E-state index is 11.1. The number of esters is 1. The van der Waals surface area contributed by atoms with Crippen LogP contribution < -0.4 is 0 Å². The topological polar surface area (TPSA) is 46.5 Å². The highest BCUT2D eigenvalue weighted by Gasteiger charge is 2.32. The van der Waals surface area contributed by atoms with E-state index in [1.165, 1.54) is 7.11 Å². The van der Waals surface area contributed by atoms with Gasteiger partial charge in [0.25, 0.3) is 0 Å². The van der Waals surface area contributed by atoms with Gasteiger partial charge in [0, 0.05) is 0 Å². The molecule has 0 unspecified atom stereocenters. The van der Waals surface area contributed by atoms with Crippen molar-refractivity contribution in [3.8, 4) is 0 Å². The molecule has 3 heteroatoms. The van der Waals surface area contributed by atoms with E-state index in [1.807, 2.05) is 0 Å². The van der Waals surface area contributed by atoms with E-state index in [4.69, 9.17) is 0 Å². The second kappa shape index (κ2) is 3.90. The van der Waals surface area contributed by atoms with Crippen LogP contribution in [0.4, 0.5) is 0 Å². The highest BCUT2D eigenvalue weighted by molar-refractivity contribution is 5.73. The summed E-state index contributed by atoms with van der Waals surface area (Å²) in [6.07, 6.45) is 1.99. The zero-order chi connectivity index (χ0) is 9.14. The first kappa shape index (κ1) is 9.52. The zero-order valence-electron chi connectivity index (χ0n) is 7.62. The van der Waals surface area contributed by atoms with Crippen LogP contribution in [0.3, 0.4) is 0 Å². The third-order valence-electron chi connectivity index (χ3n) is 2.58. The molecular weight excluding hydrogens is 156 g/mol. The Bertz CT molecular complexity index is 167. The zero-order valence-corrected chi connectivity index (χ0v) is 7.62. The third-order valence-corrected chi connectivity index (χ3v) is 2.58. The first-order valence-corrected chi connectivity index (χ1v) is 4.41. The van der Waals surface area contributed by atoms with Crippen LogP contribution in [-0.4, -0.2) is 24.3 Å². The molecule has 0 aliphatic heterocycles. The van der Waals surface area contributed by atoms with Gasteiger partial charge in [-0.1, -0.05) is 6.92 Å². The largest absolute Gasteiger partial charge is 0.469 e. The van der Waals surface area contributed by atoms with Gasteiger partial charge in [-0.05, 0) is 25.2 Å². The summed E-state index contributed by atoms with van der Waals surface area (Å²) in [6.45, 7) is 2.09. The molecule has 1 fully saturated rings. The Labute approximate surface area is 72.7 Å². The van der Waals surface area contributed by atoms with Gasteiger partial charge in [-0.2, -0.15) is 0 Å². The van der Waals surface area contributed by atoms with E-state index in [2.05, 4.69) is 11.7 Å². The highest BCUT2D eigenvalue weighted by Crippen LogP contribution is 2.29. The van der Waals surface area contributed by atoms with Crippen LogP contribution in [0.5, 0.6) is 0 Å². The molecule has 1 rings (SSSR count). The highest BCUT2D eigenvalue weighted by atomic mass is 16.5. The Balaban J connectivity index is 2.50. The van der Waals surface area contributed by atoms with Crippen LogP contribution in [0, 0.1) is 11.8 Å². The van der Waals surface area contributed by atoms with Crippen molar-refractivity contribution in [3.05, 3.63) is 0 Å². The average molecular weight is 172 g/mol. The average Bonchev–Trinajstić information content (AvgIpc) is 2.03. The fourth-order valence-electron chi connectivity index (χ4n) is 1.78. The molecule has 0 aromatic carbocycles. The van der Waals surface area contributed by atoms with E-state index >= 15 is 0 Å². The molecule has 1 saturated carbocycles. The van der Waals surface area contributed by atoms with Crippen LogP contribution in [0.25, 0.3) is 0 Å². The Morgan fingerprint density at radius 2 is 2.17 bits per heavy atom. The molecule has 0 aromatic heterocycles. The normalized spacial score (nSPS) is 36.1. The molecule has 70 valence electrons. The van der Waals surface area contributed by atoms with Crippen LogP contribution in [0.1, 0.15) is 26.2 Å². The van der Waals surface area contributed by atoms with Gasteiger partial charge in [-0.25, -0.2) is 0 Å². The van der Waals surface area contributed by atoms with Crippen LogP contribution in [0.15, 0.2) is 0 Å². The summed E-state index contributed by atoms with van der Waals surface area (Å²) in [7, 11) is 1.37. The minimum absolute atomic E-state index is 0.269. The van der Waals surface area contributed by atoms with Gasteiger partial charge in [-0.15, -0.1) is 0 Å². The van der Waals surface area contributed by atoms with E-state index in [0.717, 1.165) is 19.3 Å². The quantitative estimate of drug-likeness (QED) is 0.599. The number of aliphatic hydroxyl groups excluding tert-OH is 1. The number of aliphatic hydroxyl groups is 1. The Morgan fingerprint density at radius 1 is 1.50 bits per heavy atom. The van der Waals surface area contributed by atoms with Crippen molar-refractivity contribution in [2.24, 2.45) is 11.8 Å². The molecular formula is C9H16O3. The van der Waals surface area contributed by atoms with Crippen molar-refractivity contribution in [3.63, 3.8) is 0 Å². The van der Waals surface area contributed by atoms with Gasteiger partial charge in [0.2, 0.25) is 0 Å². The molecule has 1 aliphatic carbocycles. The lowest BCUT2D eigenvalue weighted by molar-refractivity contribution is -0.151. The number of hydrogen-bond acceptors (Lipinski definition) is 3. The molecule has 0 aromatic rings. The standard InChI is InChI=1S/C9H16O3/c1-6-3-4-7(8(10)5-6)9(11)12-2/h6-8,10H,3-5H2,1-2H3/t6-,7-,8-/m0/s1. The van der Waals surface area contributed by atoms with Crippen LogP contribution in [0.2, 0.25) is 0 Å². The van der Waals surface area contributed by atoms with Crippen molar-refractivity contribution in [2.75, 3.05) is 7.11 Å². The molecule has 12 heavy (non-hydrogen) atoms. The maximum atomic E-state index is 11.1. The van der Waals surface area contributed by atoms with Crippen molar-refractivity contribution in [1.82, 2.24) is 0 Å². The Morgan fingerprint density at radius 3 is 2.67 bits per heavy atom. The lowest BCUT2D eigenvalue weighted by Crippen LogP contribution is -2.34. The summed E-state index contributed by atoms with van der Waals surface area (Å²) < 4.78 is 4.60. The second-order valence-corrected chi connectivity index (χ2v) is 3.62. The number of methoxy groups -OCH3 is 1. The molecule has 0 radical (unpaired) electrons. The van der Waals surface area contributed by atoms with Crippen molar-refractivity contribution in [1.29, 1.82) is 0 Å². The Kier molecular flexibility index (Phi) is 3.09. The first-order valence-electron chi connectivity index (χ1n) is 4.41. The molecule has 0 saturated heterocycles. The maximum Gasteiger partial charge on any atom is 0.311 e. The number of hydrogen-bond donors (Lipinski definition) is 1. The van der Waals surface area contributed by atoms with Crippen LogP contribution in [-0.2, 0) is 9.53 Å². The number of rotatable bonds is 1. The van der Waals surface area contributed by atoms with E-state index in [9.17, 15) is 9.90 Å². The molecule has 0 amide bonds. The van der Waals surface area contributed by atoms with Crippen molar-refractivity contribution >= 4 is 5.97 Å². The van der Waals surface area contributed by atoms with Gasteiger partial charge in [0.1, 0.15) is 0 Å². The summed E-state index contributed by atoms with van der Waals surface area (Å²) >= 11 is 0. The second-order valence-electron chi connectivity index (χ2n) is 3.62. The predicted molar refractivity (Wildman–Crippen MR) is 44.5 cm³/mol.